The molecule has 0 bridgehead atoms. The van der Waals surface area contributed by atoms with Crippen LogP contribution in [0.4, 0.5) is 0 Å². The Morgan fingerprint density at radius 2 is 0.680 bits per heavy atom. The van der Waals surface area contributed by atoms with E-state index < -0.39 is 67.4 Å². The molecule has 0 spiro atoms. The standard InChI is InChI=1S/C35H66N2O11.2Na/c1-3-5-7-9-11-13-15-17-19-21-23-36(32(43)28(39)30(41)34(45)46)25-27(38)26-37(33(44)29(40)31(42)35(47)48)24-22-20-18-16-14-12-10-8-6-4-2;;/h27-31,38-42H,3-26H2,1-2H3,(H,45,46)(H,47,48);;/q;2*+1/p-2. The maximum absolute atomic E-state index is 13.0. The van der Waals surface area contributed by atoms with E-state index >= 15 is 0 Å². The van der Waals surface area contributed by atoms with Gasteiger partial charge in [0, 0.05) is 26.2 Å². The second-order valence-electron chi connectivity index (χ2n) is 13.0. The Labute approximate surface area is 344 Å². The predicted molar refractivity (Wildman–Crippen MR) is 177 cm³/mol. The van der Waals surface area contributed by atoms with Crippen molar-refractivity contribution in [1.29, 1.82) is 0 Å². The first-order valence-electron chi connectivity index (χ1n) is 18.3. The topological polar surface area (TPSA) is 222 Å². The summed E-state index contributed by atoms with van der Waals surface area (Å²) in [6, 6.07) is 0. The van der Waals surface area contributed by atoms with E-state index in [1.54, 1.807) is 0 Å². The third-order valence-corrected chi connectivity index (χ3v) is 8.64. The van der Waals surface area contributed by atoms with Crippen LogP contribution in [-0.2, 0) is 19.2 Å². The van der Waals surface area contributed by atoms with Crippen LogP contribution in [0.1, 0.15) is 142 Å². The van der Waals surface area contributed by atoms with Crippen LogP contribution in [0.3, 0.4) is 0 Å². The van der Waals surface area contributed by atoms with Gasteiger partial charge in [0.2, 0.25) is 0 Å². The first-order valence-corrected chi connectivity index (χ1v) is 18.3. The fourth-order valence-corrected chi connectivity index (χ4v) is 5.63. The van der Waals surface area contributed by atoms with E-state index in [2.05, 4.69) is 13.8 Å². The van der Waals surface area contributed by atoms with Gasteiger partial charge in [-0.3, -0.25) is 9.59 Å². The zero-order valence-corrected chi connectivity index (χ0v) is 35.4. The Bertz CT molecular complexity index is 820. The van der Waals surface area contributed by atoms with Crippen molar-refractivity contribution in [1.82, 2.24) is 9.80 Å². The summed E-state index contributed by atoms with van der Waals surface area (Å²) >= 11 is 0. The molecule has 15 heteroatoms. The van der Waals surface area contributed by atoms with E-state index in [-0.39, 0.29) is 72.2 Å². The summed E-state index contributed by atoms with van der Waals surface area (Å²) in [5.74, 6) is -6.35. The molecule has 0 aliphatic heterocycles. The van der Waals surface area contributed by atoms with Gasteiger partial charge in [-0.2, -0.15) is 0 Å². The minimum absolute atomic E-state index is 0. The molecule has 5 N–H and O–H groups in total. The molecule has 4 unspecified atom stereocenters. The van der Waals surface area contributed by atoms with Crippen LogP contribution in [-0.4, -0.2) is 116 Å². The van der Waals surface area contributed by atoms with E-state index in [1.165, 1.54) is 51.4 Å². The number of carboxylic acid groups (broad SMARTS) is 2. The summed E-state index contributed by atoms with van der Waals surface area (Å²) in [5.41, 5.74) is 0. The van der Waals surface area contributed by atoms with Gasteiger partial charge in [0.15, 0.2) is 12.2 Å². The molecule has 4 atom stereocenters. The van der Waals surface area contributed by atoms with E-state index in [4.69, 9.17) is 0 Å². The number of aliphatic hydroxyl groups is 5. The average Bonchev–Trinajstić information content (AvgIpc) is 3.06. The Hall–Kier alpha value is -0.320. The number of rotatable bonds is 32. The third-order valence-electron chi connectivity index (χ3n) is 8.64. The molecule has 0 rings (SSSR count). The normalized spacial score (nSPS) is 14.0. The second-order valence-corrected chi connectivity index (χ2v) is 13.0. The molecule has 0 aromatic carbocycles. The predicted octanol–water partition coefficient (Wildman–Crippen LogP) is -5.20. The Kier molecular flexibility index (Phi) is 37.2. The molecule has 0 heterocycles. The maximum atomic E-state index is 13.0. The monoisotopic (exact) mass is 734 g/mol. The van der Waals surface area contributed by atoms with E-state index in [0.717, 1.165) is 74.0 Å². The molecule has 13 nitrogen and oxygen atoms in total. The smallest absolute Gasteiger partial charge is 0.547 e. The van der Waals surface area contributed by atoms with Crippen molar-refractivity contribution in [2.45, 2.75) is 173 Å². The van der Waals surface area contributed by atoms with Crippen LogP contribution in [0.25, 0.3) is 0 Å². The molecule has 50 heavy (non-hydrogen) atoms. The Balaban J connectivity index is -0.0000110. The fourth-order valence-electron chi connectivity index (χ4n) is 5.63. The zero-order valence-electron chi connectivity index (χ0n) is 31.4. The first kappa shape index (κ1) is 54.0. The van der Waals surface area contributed by atoms with Gasteiger partial charge in [-0.25, -0.2) is 0 Å². The van der Waals surface area contributed by atoms with E-state index in [9.17, 15) is 54.9 Å². The summed E-state index contributed by atoms with van der Waals surface area (Å²) in [6.45, 7) is 3.48. The van der Waals surface area contributed by atoms with E-state index in [1.807, 2.05) is 0 Å². The summed E-state index contributed by atoms with van der Waals surface area (Å²) in [7, 11) is 0. The fraction of sp³-hybridized carbons (Fsp3) is 0.886. The number of amides is 2. The number of unbranched alkanes of at least 4 members (excludes halogenated alkanes) is 18. The van der Waals surface area contributed by atoms with Gasteiger partial charge < -0.3 is 55.1 Å². The number of carbonyl (C=O) groups excluding carboxylic acids is 4. The molecular weight excluding hydrogens is 670 g/mol. The van der Waals surface area contributed by atoms with Crippen molar-refractivity contribution >= 4 is 23.8 Å². The summed E-state index contributed by atoms with van der Waals surface area (Å²) in [6.07, 6.45) is 9.17. The molecule has 0 aliphatic rings. The van der Waals surface area contributed by atoms with Gasteiger partial charge in [0.1, 0.15) is 12.2 Å². The van der Waals surface area contributed by atoms with Crippen molar-refractivity contribution in [2.75, 3.05) is 26.2 Å². The van der Waals surface area contributed by atoms with Gasteiger partial charge in [0.05, 0.1) is 18.0 Å². The number of nitrogens with zero attached hydrogens (tertiary/aromatic N) is 2. The summed E-state index contributed by atoms with van der Waals surface area (Å²) in [5, 5.41) is 72.9. The number of aliphatic hydroxyl groups excluding tert-OH is 5. The molecule has 0 saturated heterocycles. The van der Waals surface area contributed by atoms with Gasteiger partial charge in [-0.1, -0.05) is 129 Å². The van der Waals surface area contributed by atoms with Crippen molar-refractivity contribution in [2.24, 2.45) is 0 Å². The number of hydrogen-bond donors (Lipinski definition) is 5. The molecule has 0 aromatic heterocycles. The first-order chi connectivity index (χ1) is 22.9. The van der Waals surface area contributed by atoms with Gasteiger partial charge >= 0.3 is 59.1 Å². The minimum Gasteiger partial charge on any atom is -0.547 e. The number of carbonyl (C=O) groups is 4. The molecule has 0 fully saturated rings. The van der Waals surface area contributed by atoms with Crippen LogP contribution < -0.4 is 69.3 Å². The summed E-state index contributed by atoms with van der Waals surface area (Å²) in [4.78, 5) is 50.1. The average molecular weight is 735 g/mol. The maximum Gasteiger partial charge on any atom is 1.00 e. The quantitative estimate of drug-likeness (QED) is 0.0325. The molecule has 0 aliphatic carbocycles. The van der Waals surface area contributed by atoms with Gasteiger partial charge in [0.25, 0.3) is 11.8 Å². The largest absolute Gasteiger partial charge is 1.00 e. The second kappa shape index (κ2) is 34.4. The Morgan fingerprint density at radius 1 is 0.440 bits per heavy atom. The molecule has 2 amide bonds. The van der Waals surface area contributed by atoms with Crippen LogP contribution in [0.5, 0.6) is 0 Å². The van der Waals surface area contributed by atoms with Crippen LogP contribution in [0.2, 0.25) is 0 Å². The van der Waals surface area contributed by atoms with Crippen molar-refractivity contribution < 1.29 is 114 Å². The number of aliphatic carboxylic acids is 2. The van der Waals surface area contributed by atoms with Gasteiger partial charge in [-0.05, 0) is 12.8 Å². The molecule has 0 radical (unpaired) electrons. The molecule has 282 valence electrons. The Morgan fingerprint density at radius 3 is 0.920 bits per heavy atom. The van der Waals surface area contributed by atoms with Crippen LogP contribution >= 0.6 is 0 Å². The summed E-state index contributed by atoms with van der Waals surface area (Å²) < 4.78 is 0. The molecule has 0 saturated carbocycles. The van der Waals surface area contributed by atoms with Gasteiger partial charge in [-0.15, -0.1) is 0 Å². The van der Waals surface area contributed by atoms with Crippen LogP contribution in [0, 0.1) is 0 Å². The number of hydrogen-bond acceptors (Lipinski definition) is 11. The van der Waals surface area contributed by atoms with Crippen molar-refractivity contribution in [3.05, 3.63) is 0 Å². The minimum atomic E-state index is -2.49. The number of carboxylic acids is 2. The molecular formula is C35H64N2Na2O11. The van der Waals surface area contributed by atoms with Crippen molar-refractivity contribution in [3.8, 4) is 0 Å². The third kappa shape index (κ3) is 25.6. The van der Waals surface area contributed by atoms with Crippen LogP contribution in [0.15, 0.2) is 0 Å². The zero-order chi connectivity index (χ0) is 36.3. The van der Waals surface area contributed by atoms with E-state index in [0.29, 0.717) is 12.8 Å². The molecule has 0 aromatic rings. The van der Waals surface area contributed by atoms with Crippen molar-refractivity contribution in [3.63, 3.8) is 0 Å². The SMILES string of the molecule is CCCCCCCCCCCCN(CC(O)CN(CCCCCCCCCCCC)C(=O)C(O)C(O)C(=O)[O-])C(=O)C(O)C(O)C(=O)[O-].[Na+].[Na+].